The highest BCUT2D eigenvalue weighted by molar-refractivity contribution is 14.1. The second-order valence-corrected chi connectivity index (χ2v) is 5.00. The molecular weight excluding hydrogens is 321 g/mol. The van der Waals surface area contributed by atoms with Gasteiger partial charge in [0, 0.05) is 19.3 Å². The van der Waals surface area contributed by atoms with E-state index in [1.807, 2.05) is 18.0 Å². The zero-order chi connectivity index (χ0) is 11.5. The molecular formula is C10H14IN3O2. The number of carbonyl (C=O) groups excluding carboxylic acids is 1. The van der Waals surface area contributed by atoms with Gasteiger partial charge in [-0.1, -0.05) is 0 Å². The molecule has 0 aromatic carbocycles. The first-order valence-corrected chi connectivity index (χ1v) is 6.32. The van der Waals surface area contributed by atoms with Crippen LogP contribution in [0.15, 0.2) is 12.4 Å². The van der Waals surface area contributed by atoms with E-state index in [9.17, 15) is 4.79 Å². The maximum atomic E-state index is 12.1. The van der Waals surface area contributed by atoms with E-state index in [0.29, 0.717) is 26.3 Å². The summed E-state index contributed by atoms with van der Waals surface area (Å²) in [5.74, 6) is 0.114. The second-order valence-electron chi connectivity index (χ2n) is 3.75. The Morgan fingerprint density at radius 3 is 2.81 bits per heavy atom. The highest BCUT2D eigenvalue weighted by atomic mass is 127. The van der Waals surface area contributed by atoms with Crippen LogP contribution < -0.4 is 0 Å². The number of hydrogen-bond acceptors (Lipinski definition) is 3. The fourth-order valence-corrected chi connectivity index (χ4v) is 2.10. The van der Waals surface area contributed by atoms with Crippen LogP contribution in [-0.2, 0) is 9.53 Å². The molecule has 0 saturated carbocycles. The summed E-state index contributed by atoms with van der Waals surface area (Å²) in [7, 11) is 0. The molecule has 1 aliphatic heterocycles. The van der Waals surface area contributed by atoms with Crippen molar-refractivity contribution in [2.24, 2.45) is 0 Å². The van der Waals surface area contributed by atoms with E-state index in [4.69, 9.17) is 4.74 Å². The number of halogens is 1. The molecule has 0 N–H and O–H groups in total. The molecule has 0 unspecified atom stereocenters. The van der Waals surface area contributed by atoms with Crippen LogP contribution in [0.5, 0.6) is 0 Å². The molecule has 1 atom stereocenters. The minimum absolute atomic E-state index is 0.114. The lowest BCUT2D eigenvalue weighted by Crippen LogP contribution is -2.43. The molecule has 0 spiro atoms. The lowest BCUT2D eigenvalue weighted by molar-refractivity contribution is -0.138. The monoisotopic (exact) mass is 335 g/mol. The Hall–Kier alpha value is -0.630. The molecule has 6 heteroatoms. The van der Waals surface area contributed by atoms with Crippen LogP contribution in [0.1, 0.15) is 13.0 Å². The third-order valence-corrected chi connectivity index (χ3v) is 3.20. The Morgan fingerprint density at radius 1 is 1.56 bits per heavy atom. The zero-order valence-corrected chi connectivity index (χ0v) is 11.3. The first-order chi connectivity index (χ1) is 7.68. The molecule has 2 heterocycles. The van der Waals surface area contributed by atoms with E-state index in [1.165, 1.54) is 0 Å². The summed E-state index contributed by atoms with van der Waals surface area (Å²) in [6.45, 7) is 4.51. The summed E-state index contributed by atoms with van der Waals surface area (Å²) < 4.78 is 7.97. The van der Waals surface area contributed by atoms with Crippen LogP contribution in [0, 0.1) is 3.57 Å². The van der Waals surface area contributed by atoms with Crippen molar-refractivity contribution in [1.82, 2.24) is 14.7 Å². The van der Waals surface area contributed by atoms with Gasteiger partial charge in [-0.25, -0.2) is 0 Å². The van der Waals surface area contributed by atoms with Crippen molar-refractivity contribution in [3.05, 3.63) is 16.0 Å². The molecule has 88 valence electrons. The van der Waals surface area contributed by atoms with Crippen LogP contribution in [0.25, 0.3) is 0 Å². The van der Waals surface area contributed by atoms with Gasteiger partial charge < -0.3 is 9.64 Å². The van der Waals surface area contributed by atoms with E-state index in [2.05, 4.69) is 27.7 Å². The Balaban J connectivity index is 2.03. The van der Waals surface area contributed by atoms with Gasteiger partial charge in [-0.15, -0.1) is 0 Å². The van der Waals surface area contributed by atoms with Crippen LogP contribution in [0.3, 0.4) is 0 Å². The highest BCUT2D eigenvalue weighted by Gasteiger charge is 2.23. The molecule has 0 bridgehead atoms. The molecule has 2 rings (SSSR count). The summed E-state index contributed by atoms with van der Waals surface area (Å²) in [6.07, 6.45) is 3.63. The van der Waals surface area contributed by atoms with Crippen LogP contribution in [-0.4, -0.2) is 46.9 Å². The molecule has 1 saturated heterocycles. The summed E-state index contributed by atoms with van der Waals surface area (Å²) >= 11 is 2.18. The van der Waals surface area contributed by atoms with Crippen molar-refractivity contribution in [3.8, 4) is 0 Å². The average Bonchev–Trinajstić information content (AvgIpc) is 2.75. The van der Waals surface area contributed by atoms with Crippen molar-refractivity contribution < 1.29 is 9.53 Å². The number of nitrogens with zero attached hydrogens (tertiary/aromatic N) is 3. The molecule has 0 aliphatic carbocycles. The Labute approximate surface area is 108 Å². The van der Waals surface area contributed by atoms with E-state index >= 15 is 0 Å². The van der Waals surface area contributed by atoms with Gasteiger partial charge in [0.25, 0.3) is 0 Å². The van der Waals surface area contributed by atoms with Gasteiger partial charge in [0.15, 0.2) is 0 Å². The molecule has 0 radical (unpaired) electrons. The van der Waals surface area contributed by atoms with Crippen molar-refractivity contribution in [3.63, 3.8) is 0 Å². The fraction of sp³-hybridized carbons (Fsp3) is 0.600. The predicted molar refractivity (Wildman–Crippen MR) is 67.1 cm³/mol. The Bertz CT molecular complexity index is 374. The van der Waals surface area contributed by atoms with E-state index in [-0.39, 0.29) is 11.9 Å². The van der Waals surface area contributed by atoms with Gasteiger partial charge in [0.2, 0.25) is 5.91 Å². The smallest absolute Gasteiger partial charge is 0.247 e. The Morgan fingerprint density at radius 2 is 2.25 bits per heavy atom. The minimum atomic E-state index is -0.235. The van der Waals surface area contributed by atoms with Crippen LogP contribution in [0.4, 0.5) is 0 Å². The van der Waals surface area contributed by atoms with Crippen molar-refractivity contribution in [2.75, 3.05) is 26.3 Å². The number of morpholine rings is 1. The van der Waals surface area contributed by atoms with Crippen molar-refractivity contribution >= 4 is 28.5 Å². The maximum absolute atomic E-state index is 12.1. The molecule has 5 nitrogen and oxygen atoms in total. The lowest BCUT2D eigenvalue weighted by Gasteiger charge is -2.29. The standard InChI is InChI=1S/C10H14IN3O2/c1-8(14-7-9(11)6-12-14)10(15)13-2-4-16-5-3-13/h6-8H,2-5H2,1H3/t8-/m1/s1. The van der Waals surface area contributed by atoms with Gasteiger partial charge in [0.05, 0.1) is 23.0 Å². The summed E-state index contributed by atoms with van der Waals surface area (Å²) in [5.41, 5.74) is 0. The summed E-state index contributed by atoms with van der Waals surface area (Å²) in [4.78, 5) is 14.0. The molecule has 1 aromatic heterocycles. The average molecular weight is 335 g/mol. The molecule has 1 aliphatic rings. The van der Waals surface area contributed by atoms with E-state index < -0.39 is 0 Å². The minimum Gasteiger partial charge on any atom is -0.378 e. The number of aromatic nitrogens is 2. The first kappa shape index (κ1) is 11.8. The van der Waals surface area contributed by atoms with Gasteiger partial charge in [-0.3, -0.25) is 9.48 Å². The van der Waals surface area contributed by atoms with Crippen LogP contribution in [0.2, 0.25) is 0 Å². The normalized spacial score (nSPS) is 18.5. The molecule has 1 amide bonds. The molecule has 1 fully saturated rings. The maximum Gasteiger partial charge on any atom is 0.247 e. The molecule has 1 aromatic rings. The number of ether oxygens (including phenoxy) is 1. The summed E-state index contributed by atoms with van der Waals surface area (Å²) in [5, 5.41) is 4.16. The predicted octanol–water partition coefficient (Wildman–Crippen LogP) is 0.907. The van der Waals surface area contributed by atoms with Crippen molar-refractivity contribution in [2.45, 2.75) is 13.0 Å². The van der Waals surface area contributed by atoms with Gasteiger partial charge >= 0.3 is 0 Å². The molecule has 16 heavy (non-hydrogen) atoms. The van der Waals surface area contributed by atoms with Gasteiger partial charge in [-0.2, -0.15) is 5.10 Å². The Kier molecular flexibility index (Phi) is 3.80. The quantitative estimate of drug-likeness (QED) is 0.755. The number of carbonyl (C=O) groups is 1. The van der Waals surface area contributed by atoms with E-state index in [0.717, 1.165) is 3.57 Å². The van der Waals surface area contributed by atoms with E-state index in [1.54, 1.807) is 10.9 Å². The number of amides is 1. The largest absolute Gasteiger partial charge is 0.378 e. The zero-order valence-electron chi connectivity index (χ0n) is 9.10. The van der Waals surface area contributed by atoms with Crippen molar-refractivity contribution in [1.29, 1.82) is 0 Å². The lowest BCUT2D eigenvalue weighted by atomic mass is 10.2. The first-order valence-electron chi connectivity index (χ1n) is 5.24. The third kappa shape index (κ3) is 2.54. The number of hydrogen-bond donors (Lipinski definition) is 0. The third-order valence-electron chi connectivity index (χ3n) is 2.65. The second kappa shape index (κ2) is 5.13. The van der Waals surface area contributed by atoms with Gasteiger partial charge in [-0.05, 0) is 29.5 Å². The highest BCUT2D eigenvalue weighted by Crippen LogP contribution is 2.12. The topological polar surface area (TPSA) is 47.4 Å². The van der Waals surface area contributed by atoms with Crippen LogP contribution >= 0.6 is 22.6 Å². The SMILES string of the molecule is C[C@H](C(=O)N1CCOCC1)n1cc(I)cn1. The number of rotatable bonds is 2. The summed E-state index contributed by atoms with van der Waals surface area (Å²) in [6, 6.07) is -0.235. The fourth-order valence-electron chi connectivity index (χ4n) is 1.69. The van der Waals surface area contributed by atoms with Gasteiger partial charge in [0.1, 0.15) is 6.04 Å².